The van der Waals surface area contributed by atoms with Gasteiger partial charge in [-0.15, -0.1) is 0 Å². The van der Waals surface area contributed by atoms with Crippen LogP contribution in [0.1, 0.15) is 18.0 Å². The van der Waals surface area contributed by atoms with Crippen molar-refractivity contribution in [1.82, 2.24) is 5.32 Å². The third kappa shape index (κ3) is 2.21. The number of carbonyl (C=O) groups is 1. The number of amides is 1. The first-order valence-electron chi connectivity index (χ1n) is 4.55. The van der Waals surface area contributed by atoms with Gasteiger partial charge in [-0.2, -0.15) is 0 Å². The van der Waals surface area contributed by atoms with Crippen LogP contribution in [-0.2, 0) is 4.74 Å². The lowest BCUT2D eigenvalue weighted by atomic mass is 10.0. The molecule has 1 fully saturated rings. The van der Waals surface area contributed by atoms with Crippen molar-refractivity contribution in [2.24, 2.45) is 0 Å². The number of cyclic esters (lactones) is 1. The molecule has 0 saturated carbocycles. The number of rotatable bonds is 1. The van der Waals surface area contributed by atoms with Crippen LogP contribution >= 0.6 is 11.6 Å². The molecule has 1 saturated heterocycles. The van der Waals surface area contributed by atoms with Gasteiger partial charge in [-0.25, -0.2) is 9.18 Å². The predicted molar refractivity (Wildman–Crippen MR) is 53.3 cm³/mol. The van der Waals surface area contributed by atoms with Gasteiger partial charge in [0.25, 0.3) is 0 Å². The summed E-state index contributed by atoms with van der Waals surface area (Å²) >= 11 is 5.76. The van der Waals surface area contributed by atoms with Crippen LogP contribution in [0.15, 0.2) is 18.2 Å². The monoisotopic (exact) mass is 229 g/mol. The van der Waals surface area contributed by atoms with E-state index in [1.165, 1.54) is 18.2 Å². The minimum absolute atomic E-state index is 0.294. The Morgan fingerprint density at radius 2 is 2.33 bits per heavy atom. The molecule has 1 aromatic carbocycles. The molecule has 1 heterocycles. The van der Waals surface area contributed by atoms with Crippen LogP contribution in [-0.4, -0.2) is 12.7 Å². The standard InChI is InChI=1S/C10H9ClFNO2/c11-6-1-2-8(12)7(5-6)9-3-4-15-10(14)13-9/h1-2,5,9H,3-4H2,(H,13,14)/t9-/m1/s1. The van der Waals surface area contributed by atoms with Crippen LogP contribution in [0.5, 0.6) is 0 Å². The molecule has 1 aliphatic heterocycles. The largest absolute Gasteiger partial charge is 0.449 e. The average Bonchev–Trinajstić information content (AvgIpc) is 2.22. The zero-order valence-electron chi connectivity index (χ0n) is 7.80. The smallest absolute Gasteiger partial charge is 0.407 e. The van der Waals surface area contributed by atoms with Crippen molar-refractivity contribution in [2.75, 3.05) is 6.61 Å². The number of ether oxygens (including phenoxy) is 1. The molecule has 0 aliphatic carbocycles. The van der Waals surface area contributed by atoms with Crippen molar-refractivity contribution in [2.45, 2.75) is 12.5 Å². The summed E-state index contributed by atoms with van der Waals surface area (Å²) in [5.74, 6) is -0.369. The SMILES string of the molecule is O=C1N[C@@H](c2cc(Cl)ccc2F)CCO1. The number of carbonyl (C=O) groups excluding carboxylic acids is 1. The second-order valence-corrected chi connectivity index (χ2v) is 3.72. The molecule has 1 aliphatic rings. The Morgan fingerprint density at radius 3 is 3.07 bits per heavy atom. The second kappa shape index (κ2) is 4.06. The number of nitrogens with one attached hydrogen (secondary N) is 1. The zero-order valence-corrected chi connectivity index (χ0v) is 8.55. The maximum atomic E-state index is 13.4. The molecule has 3 nitrogen and oxygen atoms in total. The molecular weight excluding hydrogens is 221 g/mol. The van der Waals surface area contributed by atoms with E-state index in [2.05, 4.69) is 5.32 Å². The number of benzene rings is 1. The Hall–Kier alpha value is -1.29. The van der Waals surface area contributed by atoms with Crippen LogP contribution in [0.3, 0.4) is 0 Å². The highest BCUT2D eigenvalue weighted by atomic mass is 35.5. The van der Waals surface area contributed by atoms with Gasteiger partial charge in [0.1, 0.15) is 5.82 Å². The zero-order chi connectivity index (χ0) is 10.8. The summed E-state index contributed by atoms with van der Waals surface area (Å²) in [5, 5.41) is 2.99. The van der Waals surface area contributed by atoms with Gasteiger partial charge in [-0.1, -0.05) is 11.6 Å². The van der Waals surface area contributed by atoms with E-state index in [-0.39, 0.29) is 11.9 Å². The van der Waals surface area contributed by atoms with Crippen molar-refractivity contribution in [3.63, 3.8) is 0 Å². The molecule has 2 rings (SSSR count). The fourth-order valence-electron chi connectivity index (χ4n) is 1.54. The lowest BCUT2D eigenvalue weighted by Gasteiger charge is -2.24. The Labute approximate surface area is 91.2 Å². The third-order valence-electron chi connectivity index (χ3n) is 2.27. The Kier molecular flexibility index (Phi) is 2.77. The number of hydrogen-bond donors (Lipinski definition) is 1. The molecule has 0 aromatic heterocycles. The average molecular weight is 230 g/mol. The predicted octanol–water partition coefficient (Wildman–Crippen LogP) is 2.65. The van der Waals surface area contributed by atoms with E-state index in [1.807, 2.05) is 0 Å². The third-order valence-corrected chi connectivity index (χ3v) is 2.50. The summed E-state index contributed by atoms with van der Waals surface area (Å²) in [6.07, 6.45) is 0.0221. The first kappa shape index (κ1) is 10.2. The number of halogens is 2. The molecule has 0 unspecified atom stereocenters. The molecule has 80 valence electrons. The fraction of sp³-hybridized carbons (Fsp3) is 0.300. The first-order valence-corrected chi connectivity index (χ1v) is 4.93. The summed E-state index contributed by atoms with van der Waals surface area (Å²) in [7, 11) is 0. The first-order chi connectivity index (χ1) is 7.16. The normalized spacial score (nSPS) is 20.7. The van der Waals surface area contributed by atoms with Crippen LogP contribution < -0.4 is 5.32 Å². The van der Waals surface area contributed by atoms with E-state index in [0.717, 1.165) is 0 Å². The van der Waals surface area contributed by atoms with Crippen LogP contribution in [0.4, 0.5) is 9.18 Å². The van der Waals surface area contributed by atoms with Crippen LogP contribution in [0.25, 0.3) is 0 Å². The Morgan fingerprint density at radius 1 is 1.53 bits per heavy atom. The van der Waals surface area contributed by atoms with Crippen molar-refractivity contribution in [1.29, 1.82) is 0 Å². The molecule has 0 bridgehead atoms. The van der Waals surface area contributed by atoms with Gasteiger partial charge in [0, 0.05) is 17.0 Å². The van der Waals surface area contributed by atoms with E-state index in [0.29, 0.717) is 23.6 Å². The van der Waals surface area contributed by atoms with Gasteiger partial charge < -0.3 is 10.1 Å². The van der Waals surface area contributed by atoms with Crippen molar-refractivity contribution < 1.29 is 13.9 Å². The molecule has 1 amide bonds. The molecule has 1 atom stereocenters. The van der Waals surface area contributed by atoms with Gasteiger partial charge in [0.05, 0.1) is 12.6 Å². The number of hydrogen-bond acceptors (Lipinski definition) is 2. The van der Waals surface area contributed by atoms with Crippen LogP contribution in [0, 0.1) is 5.82 Å². The molecule has 15 heavy (non-hydrogen) atoms. The fourth-order valence-corrected chi connectivity index (χ4v) is 1.72. The minimum atomic E-state index is -0.523. The lowest BCUT2D eigenvalue weighted by Crippen LogP contribution is -2.35. The van der Waals surface area contributed by atoms with E-state index >= 15 is 0 Å². The molecule has 5 heteroatoms. The Bertz CT molecular complexity index is 397. The molecule has 0 radical (unpaired) electrons. The molecule has 1 N–H and O–H groups in total. The van der Waals surface area contributed by atoms with Crippen molar-refractivity contribution in [3.05, 3.63) is 34.6 Å². The van der Waals surface area contributed by atoms with E-state index < -0.39 is 6.09 Å². The summed E-state index contributed by atoms with van der Waals surface area (Å²) < 4.78 is 18.1. The highest BCUT2D eigenvalue weighted by molar-refractivity contribution is 6.30. The van der Waals surface area contributed by atoms with Crippen molar-refractivity contribution in [3.8, 4) is 0 Å². The molecule has 1 aromatic rings. The number of alkyl carbamates (subject to hydrolysis) is 1. The van der Waals surface area contributed by atoms with E-state index in [4.69, 9.17) is 16.3 Å². The van der Waals surface area contributed by atoms with Gasteiger partial charge in [-0.05, 0) is 18.2 Å². The summed E-state index contributed by atoms with van der Waals surface area (Å²) in [6.45, 7) is 0.294. The maximum absolute atomic E-state index is 13.4. The van der Waals surface area contributed by atoms with Crippen molar-refractivity contribution >= 4 is 17.7 Å². The highest BCUT2D eigenvalue weighted by Crippen LogP contribution is 2.25. The minimum Gasteiger partial charge on any atom is -0.449 e. The van der Waals surface area contributed by atoms with Crippen LogP contribution in [0.2, 0.25) is 5.02 Å². The topological polar surface area (TPSA) is 38.3 Å². The summed E-state index contributed by atoms with van der Waals surface area (Å²) in [4.78, 5) is 11.0. The molecular formula is C10H9ClFNO2. The quantitative estimate of drug-likeness (QED) is 0.804. The molecule has 0 spiro atoms. The van der Waals surface area contributed by atoms with Gasteiger partial charge >= 0.3 is 6.09 Å². The van der Waals surface area contributed by atoms with Gasteiger partial charge in [0.15, 0.2) is 0 Å². The summed E-state index contributed by atoms with van der Waals surface area (Å²) in [5.41, 5.74) is 0.402. The maximum Gasteiger partial charge on any atom is 0.407 e. The van der Waals surface area contributed by atoms with E-state index in [9.17, 15) is 9.18 Å². The summed E-state index contributed by atoms with van der Waals surface area (Å²) in [6, 6.07) is 3.93. The second-order valence-electron chi connectivity index (χ2n) is 3.29. The Balaban J connectivity index is 2.27. The van der Waals surface area contributed by atoms with Gasteiger partial charge in [0.2, 0.25) is 0 Å². The van der Waals surface area contributed by atoms with Gasteiger partial charge in [-0.3, -0.25) is 0 Å². The highest BCUT2D eigenvalue weighted by Gasteiger charge is 2.23. The lowest BCUT2D eigenvalue weighted by molar-refractivity contribution is 0.115. The van der Waals surface area contributed by atoms with E-state index in [1.54, 1.807) is 0 Å².